The molecule has 2 nitrogen and oxygen atoms in total. The van der Waals surface area contributed by atoms with E-state index in [0.717, 1.165) is 25.3 Å². The Bertz CT molecular complexity index is 1360. The molecule has 3 aromatic rings. The van der Waals surface area contributed by atoms with Crippen LogP contribution in [0.2, 0.25) is 0 Å². The third-order valence-corrected chi connectivity index (χ3v) is 7.15. The first-order valence-electron chi connectivity index (χ1n) is 13.5. The lowest BCUT2D eigenvalue weighted by Crippen LogP contribution is -2.08. The average molecular weight is 537 g/mol. The van der Waals surface area contributed by atoms with Gasteiger partial charge >= 0.3 is 0 Å². The summed E-state index contributed by atoms with van der Waals surface area (Å²) >= 11 is 0. The average Bonchev–Trinajstić information content (AvgIpc) is 2.97. The van der Waals surface area contributed by atoms with Crippen molar-refractivity contribution in [3.63, 3.8) is 0 Å². The SMILES string of the molecule is CC.CC#CC.CC(C)=Cc1ccccc1N.CC1=CC=CC2=CC=CPC12.Cc1ccnc2ccccc12. The maximum Gasteiger partial charge on any atom is 0.0704 e. The zero-order chi connectivity index (χ0) is 29.0. The summed E-state index contributed by atoms with van der Waals surface area (Å²) in [6.07, 6.45) is 14.9. The van der Waals surface area contributed by atoms with Crippen LogP contribution in [0.5, 0.6) is 0 Å². The molecule has 2 aliphatic rings. The monoisotopic (exact) mass is 536 g/mol. The maximum absolute atomic E-state index is 5.72. The van der Waals surface area contributed by atoms with Gasteiger partial charge in [0.2, 0.25) is 0 Å². The highest BCUT2D eigenvalue weighted by Gasteiger charge is 2.16. The highest BCUT2D eigenvalue weighted by atomic mass is 31.1. The number of nitrogen functional groups attached to an aromatic ring is 1. The first-order valence-corrected chi connectivity index (χ1v) is 14.6. The molecule has 2 aromatic carbocycles. The maximum atomic E-state index is 5.72. The highest BCUT2D eigenvalue weighted by molar-refractivity contribution is 7.43. The van der Waals surface area contributed by atoms with Crippen LogP contribution in [0, 0.1) is 18.8 Å². The Hall–Kier alpha value is -3.66. The quantitative estimate of drug-likeness (QED) is 0.191. The summed E-state index contributed by atoms with van der Waals surface area (Å²) < 4.78 is 0. The van der Waals surface area contributed by atoms with Gasteiger partial charge in [-0.3, -0.25) is 4.98 Å². The number of nitrogens with two attached hydrogens (primary N) is 1. The molecule has 2 unspecified atom stereocenters. The molecule has 3 heteroatoms. The molecule has 0 radical (unpaired) electrons. The van der Waals surface area contributed by atoms with E-state index in [2.05, 4.69) is 92.9 Å². The molecule has 0 spiro atoms. The molecule has 39 heavy (non-hydrogen) atoms. The molecule has 1 aliphatic heterocycles. The van der Waals surface area contributed by atoms with Crippen LogP contribution < -0.4 is 5.73 Å². The van der Waals surface area contributed by atoms with Crippen LogP contribution in [0.15, 0.2) is 114 Å². The number of anilines is 1. The van der Waals surface area contributed by atoms with E-state index in [1.165, 1.54) is 27.7 Å². The van der Waals surface area contributed by atoms with Gasteiger partial charge in [-0.1, -0.05) is 112 Å². The largest absolute Gasteiger partial charge is 0.398 e. The number of hydrogen-bond donors (Lipinski definition) is 1. The third-order valence-electron chi connectivity index (χ3n) is 5.64. The van der Waals surface area contributed by atoms with E-state index in [1.54, 1.807) is 0 Å². The van der Waals surface area contributed by atoms with Crippen molar-refractivity contribution in [2.24, 2.45) is 0 Å². The van der Waals surface area contributed by atoms with Gasteiger partial charge in [-0.25, -0.2) is 0 Å². The van der Waals surface area contributed by atoms with Crippen LogP contribution >= 0.6 is 8.58 Å². The predicted octanol–water partition coefficient (Wildman–Crippen LogP) is 10.3. The van der Waals surface area contributed by atoms with Crippen molar-refractivity contribution in [2.75, 3.05) is 5.73 Å². The van der Waals surface area contributed by atoms with Crippen LogP contribution in [0.3, 0.4) is 0 Å². The summed E-state index contributed by atoms with van der Waals surface area (Å²) in [5.74, 6) is 7.63. The van der Waals surface area contributed by atoms with Gasteiger partial charge in [-0.15, -0.1) is 11.8 Å². The summed E-state index contributed by atoms with van der Waals surface area (Å²) in [5, 5.41) is 1.25. The second-order valence-electron chi connectivity index (χ2n) is 8.89. The number of rotatable bonds is 1. The van der Waals surface area contributed by atoms with Crippen molar-refractivity contribution >= 4 is 31.2 Å². The van der Waals surface area contributed by atoms with E-state index in [-0.39, 0.29) is 0 Å². The van der Waals surface area contributed by atoms with Crippen molar-refractivity contribution in [3.8, 4) is 11.8 Å². The summed E-state index contributed by atoms with van der Waals surface area (Å²) in [7, 11) is 0.943. The molecule has 1 aliphatic carbocycles. The third kappa shape index (κ3) is 12.2. The zero-order valence-corrected chi connectivity index (χ0v) is 25.9. The van der Waals surface area contributed by atoms with E-state index in [4.69, 9.17) is 5.73 Å². The Labute approximate surface area is 239 Å². The van der Waals surface area contributed by atoms with Crippen molar-refractivity contribution < 1.29 is 0 Å². The lowest BCUT2D eigenvalue weighted by atomic mass is 10.00. The molecule has 0 saturated carbocycles. The number of fused-ring (bicyclic) bond motifs is 2. The first kappa shape index (κ1) is 33.4. The van der Waals surface area contributed by atoms with Gasteiger partial charge in [0.1, 0.15) is 0 Å². The van der Waals surface area contributed by atoms with Gasteiger partial charge in [-0.05, 0) is 76.4 Å². The van der Waals surface area contributed by atoms with Crippen LogP contribution in [0.1, 0.15) is 59.6 Å². The van der Waals surface area contributed by atoms with Crippen molar-refractivity contribution in [2.45, 2.75) is 61.0 Å². The van der Waals surface area contributed by atoms with Gasteiger partial charge < -0.3 is 5.73 Å². The van der Waals surface area contributed by atoms with E-state index < -0.39 is 0 Å². The zero-order valence-electron chi connectivity index (χ0n) is 24.9. The number of nitrogens with zero attached hydrogens (tertiary/aromatic N) is 1. The predicted molar refractivity (Wildman–Crippen MR) is 179 cm³/mol. The number of para-hydroxylation sites is 2. The molecule has 1 aromatic heterocycles. The number of pyridine rings is 1. The number of aromatic nitrogens is 1. The number of aryl methyl sites for hydroxylation is 1. The molecule has 2 N–H and O–H groups in total. The van der Waals surface area contributed by atoms with Gasteiger partial charge in [0.15, 0.2) is 0 Å². The molecule has 2 heterocycles. The van der Waals surface area contributed by atoms with Gasteiger partial charge in [-0.2, -0.15) is 0 Å². The summed E-state index contributed by atoms with van der Waals surface area (Å²) in [6.45, 7) is 16.1. The second kappa shape index (κ2) is 19.4. The molecular formula is C36H45N2P. The molecule has 0 saturated heterocycles. The van der Waals surface area contributed by atoms with E-state index in [0.29, 0.717) is 5.66 Å². The van der Waals surface area contributed by atoms with Crippen molar-refractivity contribution in [1.29, 1.82) is 0 Å². The number of hydrogen-bond acceptors (Lipinski definition) is 2. The molecule has 5 rings (SSSR count). The smallest absolute Gasteiger partial charge is 0.0704 e. The van der Waals surface area contributed by atoms with Crippen LogP contribution in [0.4, 0.5) is 5.69 Å². The van der Waals surface area contributed by atoms with Crippen LogP contribution in [-0.4, -0.2) is 10.6 Å². The highest BCUT2D eigenvalue weighted by Crippen LogP contribution is 2.38. The number of allylic oxidation sites excluding steroid dienone is 8. The lowest BCUT2D eigenvalue weighted by molar-refractivity contribution is 1.14. The van der Waals surface area contributed by atoms with E-state index in [1.807, 2.05) is 82.4 Å². The molecule has 0 amide bonds. The molecule has 2 atom stereocenters. The lowest BCUT2D eigenvalue weighted by Gasteiger charge is -2.22. The Kier molecular flexibility index (Phi) is 16.6. The Morgan fingerprint density at radius 1 is 0.897 bits per heavy atom. The van der Waals surface area contributed by atoms with Crippen molar-refractivity contribution in [1.82, 2.24) is 4.98 Å². The first-order chi connectivity index (χ1) is 18.9. The minimum Gasteiger partial charge on any atom is -0.398 e. The van der Waals surface area contributed by atoms with E-state index in [9.17, 15) is 0 Å². The minimum atomic E-state index is 0.699. The Morgan fingerprint density at radius 2 is 1.56 bits per heavy atom. The molecular weight excluding hydrogens is 491 g/mol. The van der Waals surface area contributed by atoms with Crippen molar-refractivity contribution in [3.05, 3.63) is 125 Å². The van der Waals surface area contributed by atoms with E-state index >= 15 is 0 Å². The van der Waals surface area contributed by atoms with Gasteiger partial charge in [0.25, 0.3) is 0 Å². The number of benzene rings is 2. The van der Waals surface area contributed by atoms with Gasteiger partial charge in [0, 0.05) is 22.9 Å². The fraction of sp³-hybridized carbons (Fsp3) is 0.250. The minimum absolute atomic E-state index is 0.699. The Morgan fingerprint density at radius 3 is 2.18 bits per heavy atom. The Balaban J connectivity index is 0.000000266. The summed E-state index contributed by atoms with van der Waals surface area (Å²) in [6, 6.07) is 18.1. The summed E-state index contributed by atoms with van der Waals surface area (Å²) in [5.41, 5.74) is 15.0. The molecule has 204 valence electrons. The second-order valence-corrected chi connectivity index (χ2v) is 10.1. The van der Waals surface area contributed by atoms with Crippen LogP contribution in [0.25, 0.3) is 17.0 Å². The normalized spacial score (nSPS) is 14.4. The molecule has 0 fully saturated rings. The van der Waals surface area contributed by atoms with Gasteiger partial charge in [0.05, 0.1) is 5.52 Å². The standard InChI is InChI=1S/C10H9N.C10H13N.C10H11P.C4H6.C2H6/c1-8-6-7-11-10-5-3-2-4-9(8)10;1-8(2)7-9-5-3-4-6-10(9)11;1-8-4-2-5-9-6-3-7-11-10(8)9;1-3-4-2;1-2/h2-7H,1H3;3-7H,11H2,1-2H3;2-7,10-11H,1H3;1-2H3;1-2H3. The van der Waals surface area contributed by atoms with Crippen LogP contribution in [-0.2, 0) is 0 Å². The summed E-state index contributed by atoms with van der Waals surface area (Å²) in [4.78, 5) is 4.24. The fourth-order valence-electron chi connectivity index (χ4n) is 3.65. The topological polar surface area (TPSA) is 38.9 Å². The molecule has 0 bridgehead atoms. The fourth-order valence-corrected chi connectivity index (χ4v) is 4.79.